The molecule has 122 valence electrons. The smallest absolute Gasteiger partial charge is 0.244 e. The molecule has 0 radical (unpaired) electrons. The number of rotatable bonds is 6. The van der Waals surface area contributed by atoms with Crippen LogP contribution in [0.4, 0.5) is 18.9 Å². The zero-order chi connectivity index (χ0) is 16.9. The SMILES string of the molecule is CC(=O)N(CCN(C)C)CC(=O)Nc1ccc(F)c(F)c1F. The fourth-order valence-corrected chi connectivity index (χ4v) is 1.65. The molecule has 1 aromatic carbocycles. The first kappa shape index (κ1) is 18.0. The Hall–Kier alpha value is -2.09. The number of anilines is 1. The van der Waals surface area contributed by atoms with E-state index in [1.807, 2.05) is 19.0 Å². The monoisotopic (exact) mass is 317 g/mol. The molecule has 1 aromatic rings. The summed E-state index contributed by atoms with van der Waals surface area (Å²) in [4.78, 5) is 26.4. The lowest BCUT2D eigenvalue weighted by molar-refractivity contribution is -0.132. The summed E-state index contributed by atoms with van der Waals surface area (Å²) < 4.78 is 39.3. The number of nitrogens with zero attached hydrogens (tertiary/aromatic N) is 2. The largest absolute Gasteiger partial charge is 0.332 e. The summed E-state index contributed by atoms with van der Waals surface area (Å²) in [5.74, 6) is -5.49. The minimum Gasteiger partial charge on any atom is -0.332 e. The topological polar surface area (TPSA) is 52.7 Å². The molecule has 0 aromatic heterocycles. The molecular weight excluding hydrogens is 299 g/mol. The van der Waals surface area contributed by atoms with E-state index >= 15 is 0 Å². The quantitative estimate of drug-likeness (QED) is 0.808. The van der Waals surface area contributed by atoms with Gasteiger partial charge in [-0.2, -0.15) is 0 Å². The van der Waals surface area contributed by atoms with Crippen LogP contribution in [0.1, 0.15) is 6.92 Å². The predicted molar refractivity (Wildman–Crippen MR) is 75.8 cm³/mol. The van der Waals surface area contributed by atoms with Gasteiger partial charge in [0.2, 0.25) is 11.8 Å². The van der Waals surface area contributed by atoms with Gasteiger partial charge in [-0.15, -0.1) is 0 Å². The fraction of sp³-hybridized carbons (Fsp3) is 0.429. The number of carbonyl (C=O) groups excluding carboxylic acids is 2. The van der Waals surface area contributed by atoms with Gasteiger partial charge in [-0.25, -0.2) is 13.2 Å². The molecule has 8 heteroatoms. The fourth-order valence-electron chi connectivity index (χ4n) is 1.65. The molecule has 0 fully saturated rings. The molecule has 0 saturated carbocycles. The van der Waals surface area contributed by atoms with E-state index < -0.39 is 29.0 Å². The van der Waals surface area contributed by atoms with Crippen LogP contribution in [-0.2, 0) is 9.59 Å². The van der Waals surface area contributed by atoms with Gasteiger partial charge in [-0.1, -0.05) is 0 Å². The second-order valence-corrected chi connectivity index (χ2v) is 5.01. The van der Waals surface area contributed by atoms with Gasteiger partial charge in [-0.3, -0.25) is 9.59 Å². The molecule has 22 heavy (non-hydrogen) atoms. The zero-order valence-corrected chi connectivity index (χ0v) is 12.6. The second kappa shape index (κ2) is 7.79. The van der Waals surface area contributed by atoms with E-state index in [-0.39, 0.29) is 12.5 Å². The van der Waals surface area contributed by atoms with Crippen LogP contribution in [0.5, 0.6) is 0 Å². The lowest BCUT2D eigenvalue weighted by Gasteiger charge is -2.22. The first-order chi connectivity index (χ1) is 10.2. The average molecular weight is 317 g/mol. The molecule has 1 rings (SSSR count). The summed E-state index contributed by atoms with van der Waals surface area (Å²) in [5, 5.41) is 2.12. The van der Waals surface area contributed by atoms with Gasteiger partial charge >= 0.3 is 0 Å². The van der Waals surface area contributed by atoms with Crippen LogP contribution < -0.4 is 5.32 Å². The summed E-state index contributed by atoms with van der Waals surface area (Å²) >= 11 is 0. The van der Waals surface area contributed by atoms with Crippen LogP contribution in [0.25, 0.3) is 0 Å². The number of carbonyl (C=O) groups is 2. The van der Waals surface area contributed by atoms with E-state index in [0.717, 1.165) is 6.07 Å². The van der Waals surface area contributed by atoms with E-state index in [2.05, 4.69) is 5.32 Å². The first-order valence-corrected chi connectivity index (χ1v) is 6.56. The Kier molecular flexibility index (Phi) is 6.36. The van der Waals surface area contributed by atoms with Gasteiger partial charge in [0.1, 0.15) is 0 Å². The minimum absolute atomic E-state index is 0.304. The van der Waals surface area contributed by atoms with Crippen molar-refractivity contribution in [3.8, 4) is 0 Å². The Morgan fingerprint density at radius 2 is 1.73 bits per heavy atom. The van der Waals surface area contributed by atoms with E-state index in [0.29, 0.717) is 19.2 Å². The maximum Gasteiger partial charge on any atom is 0.244 e. The van der Waals surface area contributed by atoms with Crippen molar-refractivity contribution in [1.29, 1.82) is 0 Å². The van der Waals surface area contributed by atoms with Crippen molar-refractivity contribution in [2.24, 2.45) is 0 Å². The van der Waals surface area contributed by atoms with Crippen LogP contribution in [0.2, 0.25) is 0 Å². The Morgan fingerprint density at radius 1 is 1.09 bits per heavy atom. The molecule has 1 N–H and O–H groups in total. The van der Waals surface area contributed by atoms with Crippen LogP contribution in [0, 0.1) is 17.5 Å². The molecule has 0 bridgehead atoms. The van der Waals surface area contributed by atoms with Crippen molar-refractivity contribution >= 4 is 17.5 Å². The van der Waals surface area contributed by atoms with Crippen LogP contribution in [0.3, 0.4) is 0 Å². The number of hydrogen-bond donors (Lipinski definition) is 1. The number of halogens is 3. The highest BCUT2D eigenvalue weighted by atomic mass is 19.2. The molecule has 0 heterocycles. The van der Waals surface area contributed by atoms with Crippen molar-refractivity contribution in [2.75, 3.05) is 39.0 Å². The average Bonchev–Trinajstić information content (AvgIpc) is 2.43. The number of hydrogen-bond acceptors (Lipinski definition) is 3. The molecule has 0 atom stereocenters. The molecule has 0 spiro atoms. The van der Waals surface area contributed by atoms with Crippen molar-refractivity contribution in [1.82, 2.24) is 9.80 Å². The lowest BCUT2D eigenvalue weighted by atomic mass is 10.2. The third-order valence-corrected chi connectivity index (χ3v) is 2.91. The van der Waals surface area contributed by atoms with Crippen LogP contribution in [-0.4, -0.2) is 55.3 Å². The highest BCUT2D eigenvalue weighted by molar-refractivity contribution is 5.94. The van der Waals surface area contributed by atoms with Gasteiger partial charge in [0, 0.05) is 20.0 Å². The summed E-state index contributed by atoms with van der Waals surface area (Å²) in [6, 6.07) is 1.63. The maximum absolute atomic E-state index is 13.5. The summed E-state index contributed by atoms with van der Waals surface area (Å²) in [6.07, 6.45) is 0. The maximum atomic E-state index is 13.5. The lowest BCUT2D eigenvalue weighted by Crippen LogP contribution is -2.40. The van der Waals surface area contributed by atoms with Crippen molar-refractivity contribution < 1.29 is 22.8 Å². The molecule has 0 saturated heterocycles. The summed E-state index contributed by atoms with van der Waals surface area (Å²) in [6.45, 7) is 1.87. The van der Waals surface area contributed by atoms with Gasteiger partial charge in [0.15, 0.2) is 17.5 Å². The van der Waals surface area contributed by atoms with Crippen LogP contribution in [0.15, 0.2) is 12.1 Å². The van der Waals surface area contributed by atoms with E-state index in [1.165, 1.54) is 11.8 Å². The number of amides is 2. The molecule has 2 amide bonds. The third kappa shape index (κ3) is 5.03. The minimum atomic E-state index is -1.66. The molecule has 0 aliphatic heterocycles. The van der Waals surface area contributed by atoms with Gasteiger partial charge in [0.05, 0.1) is 12.2 Å². The normalized spacial score (nSPS) is 10.7. The highest BCUT2D eigenvalue weighted by Gasteiger charge is 2.18. The standard InChI is InChI=1S/C14H18F3N3O2/c1-9(21)20(7-6-19(2)3)8-12(22)18-11-5-4-10(15)13(16)14(11)17/h4-5H,6-8H2,1-3H3,(H,18,22). The third-order valence-electron chi connectivity index (χ3n) is 2.91. The van der Waals surface area contributed by atoms with E-state index in [4.69, 9.17) is 0 Å². The molecular formula is C14H18F3N3O2. The van der Waals surface area contributed by atoms with Crippen LogP contribution >= 0.6 is 0 Å². The van der Waals surface area contributed by atoms with Crippen molar-refractivity contribution in [3.63, 3.8) is 0 Å². The Morgan fingerprint density at radius 3 is 2.27 bits per heavy atom. The Bertz CT molecular complexity index is 565. The van der Waals surface area contributed by atoms with Gasteiger partial charge in [0.25, 0.3) is 0 Å². The Balaban J connectivity index is 2.72. The Labute approximate surface area is 126 Å². The summed E-state index contributed by atoms with van der Waals surface area (Å²) in [7, 11) is 3.63. The molecule has 5 nitrogen and oxygen atoms in total. The molecule has 0 unspecified atom stereocenters. The van der Waals surface area contributed by atoms with E-state index in [9.17, 15) is 22.8 Å². The second-order valence-electron chi connectivity index (χ2n) is 5.01. The number of benzene rings is 1. The number of nitrogens with one attached hydrogen (secondary N) is 1. The predicted octanol–water partition coefficient (Wildman–Crippen LogP) is 1.45. The summed E-state index contributed by atoms with van der Waals surface area (Å²) in [5.41, 5.74) is -0.472. The van der Waals surface area contributed by atoms with Gasteiger partial charge in [-0.05, 0) is 26.2 Å². The van der Waals surface area contributed by atoms with Crippen molar-refractivity contribution in [3.05, 3.63) is 29.6 Å². The van der Waals surface area contributed by atoms with Crippen molar-refractivity contribution in [2.45, 2.75) is 6.92 Å². The molecule has 0 aliphatic rings. The van der Waals surface area contributed by atoms with Gasteiger partial charge < -0.3 is 15.1 Å². The highest BCUT2D eigenvalue weighted by Crippen LogP contribution is 2.19. The molecule has 0 aliphatic carbocycles. The zero-order valence-electron chi connectivity index (χ0n) is 12.6. The number of likely N-dealkylation sites (N-methyl/N-ethyl adjacent to an activating group) is 1. The first-order valence-electron chi connectivity index (χ1n) is 6.56. The van der Waals surface area contributed by atoms with E-state index in [1.54, 1.807) is 0 Å².